The molecule has 0 aliphatic rings. The first-order valence-electron chi connectivity index (χ1n) is 9.21. The minimum Gasteiger partial charge on any atom is -0.360 e. The van der Waals surface area contributed by atoms with Crippen LogP contribution in [0.2, 0.25) is 5.15 Å². The molecule has 0 aliphatic carbocycles. The molecule has 0 saturated carbocycles. The summed E-state index contributed by atoms with van der Waals surface area (Å²) < 4.78 is 0. The summed E-state index contributed by atoms with van der Waals surface area (Å²) in [4.78, 5) is 23.3. The van der Waals surface area contributed by atoms with Crippen LogP contribution in [0.25, 0.3) is 0 Å². The molecule has 0 bridgehead atoms. The lowest BCUT2D eigenvalue weighted by molar-refractivity contribution is 0.0939. The molecule has 27 heavy (non-hydrogen) atoms. The van der Waals surface area contributed by atoms with Crippen molar-refractivity contribution in [3.8, 4) is 0 Å². The molecule has 0 unspecified atom stereocenters. The molecule has 1 amide bonds. The van der Waals surface area contributed by atoms with Crippen LogP contribution in [0.4, 0.5) is 5.82 Å². The monoisotopic (exact) mass is 406 g/mol. The Morgan fingerprint density at radius 1 is 1.30 bits per heavy atom. The summed E-state index contributed by atoms with van der Waals surface area (Å²) in [5.41, 5.74) is 1.72. The van der Waals surface area contributed by atoms with E-state index in [1.165, 1.54) is 11.8 Å². The third kappa shape index (κ3) is 6.70. The van der Waals surface area contributed by atoms with Gasteiger partial charge in [0.05, 0.1) is 0 Å². The molecule has 2 aromatic rings. The van der Waals surface area contributed by atoms with Gasteiger partial charge in [-0.05, 0) is 37.5 Å². The van der Waals surface area contributed by atoms with E-state index in [0.29, 0.717) is 21.6 Å². The van der Waals surface area contributed by atoms with Crippen molar-refractivity contribution >= 4 is 35.1 Å². The number of nitrogens with one attached hydrogen (secondary N) is 1. The largest absolute Gasteiger partial charge is 0.360 e. The van der Waals surface area contributed by atoms with E-state index in [4.69, 9.17) is 11.6 Å². The van der Waals surface area contributed by atoms with E-state index in [2.05, 4.69) is 34.0 Å². The second kappa shape index (κ2) is 10.5. The zero-order chi connectivity index (χ0) is 19.8. The maximum absolute atomic E-state index is 12.3. The van der Waals surface area contributed by atoms with Crippen LogP contribution in [0.1, 0.15) is 49.5 Å². The van der Waals surface area contributed by atoms with E-state index in [1.54, 1.807) is 6.07 Å². The lowest BCUT2D eigenvalue weighted by Gasteiger charge is -2.17. The van der Waals surface area contributed by atoms with Crippen molar-refractivity contribution in [2.24, 2.45) is 0 Å². The molecule has 1 heterocycles. The lowest BCUT2D eigenvalue weighted by Crippen LogP contribution is -2.31. The second-order valence-corrected chi connectivity index (χ2v) is 7.85. The normalized spacial score (nSPS) is 11.9. The Morgan fingerprint density at radius 3 is 2.78 bits per heavy atom. The number of carbonyl (C=O) groups excluding carboxylic acids is 1. The van der Waals surface area contributed by atoms with Crippen LogP contribution in [0, 0.1) is 0 Å². The zero-order valence-electron chi connectivity index (χ0n) is 16.3. The summed E-state index contributed by atoms with van der Waals surface area (Å²) in [7, 11) is 2.00. The smallest absolute Gasteiger partial charge is 0.251 e. The maximum atomic E-state index is 12.3. The molecule has 1 aromatic heterocycles. The first-order chi connectivity index (χ1) is 12.9. The van der Waals surface area contributed by atoms with Crippen molar-refractivity contribution in [1.82, 2.24) is 15.3 Å². The number of nitrogens with zero attached hydrogens (tertiary/aromatic N) is 3. The van der Waals surface area contributed by atoms with Gasteiger partial charge in [-0.3, -0.25) is 4.79 Å². The van der Waals surface area contributed by atoms with Gasteiger partial charge in [-0.25, -0.2) is 9.97 Å². The molecule has 0 aliphatic heterocycles. The summed E-state index contributed by atoms with van der Waals surface area (Å²) in [5, 5.41) is 4.06. The fraction of sp³-hybridized carbons (Fsp3) is 0.450. The van der Waals surface area contributed by atoms with E-state index >= 15 is 0 Å². The number of amides is 1. The highest BCUT2D eigenvalue weighted by molar-refractivity contribution is 7.98. The molecule has 1 aromatic carbocycles. The predicted molar refractivity (Wildman–Crippen MR) is 114 cm³/mol. The fourth-order valence-electron chi connectivity index (χ4n) is 2.45. The maximum Gasteiger partial charge on any atom is 0.251 e. The summed E-state index contributed by atoms with van der Waals surface area (Å²) in [6.45, 7) is 7.08. The van der Waals surface area contributed by atoms with Gasteiger partial charge in [0.1, 0.15) is 11.0 Å². The van der Waals surface area contributed by atoms with Crippen molar-refractivity contribution < 1.29 is 4.79 Å². The van der Waals surface area contributed by atoms with Gasteiger partial charge in [-0.15, -0.1) is 0 Å². The van der Waals surface area contributed by atoms with Gasteiger partial charge in [-0.2, -0.15) is 0 Å². The zero-order valence-corrected chi connectivity index (χ0v) is 17.9. The predicted octanol–water partition coefficient (Wildman–Crippen LogP) is 4.80. The Bertz CT molecular complexity index is 771. The van der Waals surface area contributed by atoms with Gasteiger partial charge in [-0.1, -0.05) is 49.3 Å². The Morgan fingerprint density at radius 2 is 2.07 bits per heavy atom. The highest BCUT2D eigenvalue weighted by atomic mass is 35.5. The molecule has 1 N–H and O–H groups in total. The number of carbonyl (C=O) groups is 1. The third-order valence-electron chi connectivity index (χ3n) is 4.16. The highest BCUT2D eigenvalue weighted by Gasteiger charge is 2.11. The minimum atomic E-state index is -0.0429. The molecule has 0 saturated heterocycles. The molecular formula is C20H27ClN4OS. The van der Waals surface area contributed by atoms with Crippen LogP contribution in [0.15, 0.2) is 35.5 Å². The van der Waals surface area contributed by atoms with E-state index < -0.39 is 0 Å². The van der Waals surface area contributed by atoms with Crippen LogP contribution in [0.5, 0.6) is 0 Å². The van der Waals surface area contributed by atoms with Gasteiger partial charge < -0.3 is 10.2 Å². The summed E-state index contributed by atoms with van der Waals surface area (Å²) in [5.74, 6) is 1.45. The van der Waals surface area contributed by atoms with Gasteiger partial charge >= 0.3 is 0 Å². The Hall–Kier alpha value is -1.79. The fourth-order valence-corrected chi connectivity index (χ4v) is 3.48. The van der Waals surface area contributed by atoms with Crippen molar-refractivity contribution in [2.75, 3.05) is 18.5 Å². The molecule has 1 atom stereocenters. The van der Waals surface area contributed by atoms with Gasteiger partial charge in [0.2, 0.25) is 0 Å². The number of anilines is 1. The number of benzene rings is 1. The van der Waals surface area contributed by atoms with Crippen LogP contribution in [-0.2, 0) is 5.75 Å². The van der Waals surface area contributed by atoms with Gasteiger partial charge in [0, 0.05) is 37.0 Å². The standard InChI is InChI=1S/C20H27ClN4OS/c1-5-10-25(4)18-12-17(21)23-20(24-18)27-13-15-8-7-9-16(11-15)19(26)22-14(3)6-2/h7-9,11-12,14H,5-6,10,13H2,1-4H3,(H,22,26)/t14-/m1/s1. The van der Waals surface area contributed by atoms with E-state index in [0.717, 1.165) is 30.8 Å². The molecule has 5 nitrogen and oxygen atoms in total. The Kier molecular flexibility index (Phi) is 8.38. The van der Waals surface area contributed by atoms with Crippen LogP contribution >= 0.6 is 23.4 Å². The van der Waals surface area contributed by atoms with Crippen molar-refractivity contribution in [2.45, 2.75) is 50.6 Å². The van der Waals surface area contributed by atoms with Gasteiger partial charge in [0.25, 0.3) is 5.91 Å². The summed E-state index contributed by atoms with van der Waals surface area (Å²) in [6.07, 6.45) is 1.94. The summed E-state index contributed by atoms with van der Waals surface area (Å²) >= 11 is 7.67. The highest BCUT2D eigenvalue weighted by Crippen LogP contribution is 2.24. The van der Waals surface area contributed by atoms with Gasteiger partial charge in [0.15, 0.2) is 5.16 Å². The molecule has 146 valence electrons. The number of thioether (sulfide) groups is 1. The van der Waals surface area contributed by atoms with Crippen LogP contribution < -0.4 is 10.2 Å². The molecule has 0 fully saturated rings. The second-order valence-electron chi connectivity index (χ2n) is 6.52. The van der Waals surface area contributed by atoms with E-state index in [-0.39, 0.29) is 11.9 Å². The van der Waals surface area contributed by atoms with Crippen molar-refractivity contribution in [3.05, 3.63) is 46.6 Å². The minimum absolute atomic E-state index is 0.0429. The lowest BCUT2D eigenvalue weighted by atomic mass is 10.1. The van der Waals surface area contributed by atoms with Crippen molar-refractivity contribution in [3.63, 3.8) is 0 Å². The number of aromatic nitrogens is 2. The SMILES string of the molecule is CCCN(C)c1cc(Cl)nc(SCc2cccc(C(=O)N[C@H](C)CC)c2)n1. The quantitative estimate of drug-likeness (QED) is 0.368. The summed E-state index contributed by atoms with van der Waals surface area (Å²) in [6, 6.07) is 9.59. The van der Waals surface area contributed by atoms with Crippen molar-refractivity contribution in [1.29, 1.82) is 0 Å². The van der Waals surface area contributed by atoms with E-state index in [9.17, 15) is 4.79 Å². The molecule has 0 radical (unpaired) electrons. The number of rotatable bonds is 9. The van der Waals surface area contributed by atoms with Crippen LogP contribution in [0.3, 0.4) is 0 Å². The average Bonchev–Trinajstić information content (AvgIpc) is 2.66. The third-order valence-corrected chi connectivity index (χ3v) is 5.27. The average molecular weight is 407 g/mol. The molecular weight excluding hydrogens is 380 g/mol. The molecule has 2 rings (SSSR count). The Labute approximate surface area is 170 Å². The molecule has 7 heteroatoms. The topological polar surface area (TPSA) is 58.1 Å². The number of hydrogen-bond acceptors (Lipinski definition) is 5. The number of hydrogen-bond donors (Lipinski definition) is 1. The number of halogens is 1. The first kappa shape index (κ1) is 21.5. The first-order valence-corrected chi connectivity index (χ1v) is 10.6. The van der Waals surface area contributed by atoms with Crippen LogP contribution in [-0.4, -0.2) is 35.5 Å². The molecule has 0 spiro atoms. The Balaban J connectivity index is 2.06. The van der Waals surface area contributed by atoms with E-state index in [1.807, 2.05) is 38.2 Å².